The van der Waals surface area contributed by atoms with Crippen LogP contribution in [0.3, 0.4) is 0 Å². The van der Waals surface area contributed by atoms with Gasteiger partial charge in [0, 0.05) is 44.0 Å². The van der Waals surface area contributed by atoms with E-state index < -0.39 is 0 Å². The summed E-state index contributed by atoms with van der Waals surface area (Å²) in [6.45, 7) is 4.64. The summed E-state index contributed by atoms with van der Waals surface area (Å²) in [6, 6.07) is 7.71. The number of halogens is 2. The van der Waals surface area contributed by atoms with Gasteiger partial charge in [-0.05, 0) is 17.7 Å². The average molecular weight is 529 g/mol. The van der Waals surface area contributed by atoms with Gasteiger partial charge in [0.05, 0.1) is 55.1 Å². The van der Waals surface area contributed by atoms with Gasteiger partial charge in [0.2, 0.25) is 0 Å². The monoisotopic (exact) mass is 528 g/mol. The van der Waals surface area contributed by atoms with E-state index in [0.717, 1.165) is 49.8 Å². The number of pyridine rings is 1. The fourth-order valence-electron chi connectivity index (χ4n) is 4.09. The summed E-state index contributed by atoms with van der Waals surface area (Å²) in [4.78, 5) is 19.5. The second kappa shape index (κ2) is 10.9. The lowest BCUT2D eigenvalue weighted by Gasteiger charge is -2.26. The lowest BCUT2D eigenvalue weighted by molar-refractivity contribution is 0.0341. The van der Waals surface area contributed by atoms with Crippen molar-refractivity contribution in [2.24, 2.45) is 0 Å². The predicted molar refractivity (Wildman–Crippen MR) is 140 cm³/mol. The first kappa shape index (κ1) is 24.6. The van der Waals surface area contributed by atoms with Crippen LogP contribution < -0.4 is 14.8 Å². The van der Waals surface area contributed by atoms with E-state index in [9.17, 15) is 0 Å². The van der Waals surface area contributed by atoms with Gasteiger partial charge in [-0.1, -0.05) is 29.3 Å². The van der Waals surface area contributed by atoms with Crippen molar-refractivity contribution >= 4 is 40.2 Å². The molecular formula is C25H26Cl2N6O3. The van der Waals surface area contributed by atoms with E-state index in [1.165, 1.54) is 5.56 Å². The molecule has 11 heteroatoms. The highest BCUT2D eigenvalue weighted by Crippen LogP contribution is 2.40. The molecule has 4 aromatic rings. The number of ether oxygens (including phenoxy) is 3. The van der Waals surface area contributed by atoms with Crippen LogP contribution in [0.5, 0.6) is 11.5 Å². The van der Waals surface area contributed by atoms with Crippen molar-refractivity contribution in [3.05, 3.63) is 57.8 Å². The number of methoxy groups -OCH3 is 2. The Morgan fingerprint density at radius 2 is 1.78 bits per heavy atom. The third-order valence-electron chi connectivity index (χ3n) is 6.06. The van der Waals surface area contributed by atoms with Gasteiger partial charge >= 0.3 is 0 Å². The van der Waals surface area contributed by atoms with Gasteiger partial charge in [-0.3, -0.25) is 9.88 Å². The first-order valence-electron chi connectivity index (χ1n) is 11.5. The van der Waals surface area contributed by atoms with Crippen LogP contribution >= 0.6 is 23.2 Å². The zero-order valence-corrected chi connectivity index (χ0v) is 21.5. The highest BCUT2D eigenvalue weighted by atomic mass is 35.5. The van der Waals surface area contributed by atoms with Crippen LogP contribution in [-0.2, 0) is 17.8 Å². The SMILES string of the molecule is COc1cc(OC)c(Cl)c(CNc2cnc3[nH]c(-c4ccc(CN5CCOCC5)cn4)cc3n2)c1Cl. The third-order valence-corrected chi connectivity index (χ3v) is 6.88. The Hall–Kier alpha value is -3.11. The second-order valence-electron chi connectivity index (χ2n) is 8.35. The standard InChI is InChI=1S/C25H26Cl2N6O3/c1-34-20-10-21(35-2)24(27)16(23(20)26)12-29-22-13-30-25-19(31-22)9-18(32-25)17-4-3-15(11-28-17)14-33-5-7-36-8-6-33/h3-4,9-11,13H,5-8,12,14H2,1-2H3,(H,29,31)(H,30,32). The normalized spacial score (nSPS) is 14.2. The summed E-state index contributed by atoms with van der Waals surface area (Å²) >= 11 is 13.0. The summed E-state index contributed by atoms with van der Waals surface area (Å²) in [6.07, 6.45) is 3.57. The Morgan fingerprint density at radius 1 is 1.03 bits per heavy atom. The largest absolute Gasteiger partial charge is 0.495 e. The van der Waals surface area contributed by atoms with E-state index in [0.29, 0.717) is 45.1 Å². The summed E-state index contributed by atoms with van der Waals surface area (Å²) in [5.74, 6) is 1.54. The van der Waals surface area contributed by atoms with Crippen LogP contribution in [-0.4, -0.2) is 65.4 Å². The number of aromatic nitrogens is 4. The molecule has 0 amide bonds. The number of H-pyrrole nitrogens is 1. The molecule has 1 aliphatic heterocycles. The Kier molecular flexibility index (Phi) is 7.43. The number of anilines is 1. The zero-order valence-electron chi connectivity index (χ0n) is 20.0. The molecule has 0 aliphatic carbocycles. The Bertz CT molecular complexity index is 1330. The van der Waals surface area contributed by atoms with Crippen molar-refractivity contribution in [1.29, 1.82) is 0 Å². The van der Waals surface area contributed by atoms with Crippen LogP contribution in [0.4, 0.5) is 5.82 Å². The van der Waals surface area contributed by atoms with E-state index in [1.807, 2.05) is 18.3 Å². The van der Waals surface area contributed by atoms with Gasteiger partial charge in [0.15, 0.2) is 5.65 Å². The maximum atomic E-state index is 6.48. The molecule has 4 heterocycles. The van der Waals surface area contributed by atoms with Crippen LogP contribution in [0.1, 0.15) is 11.1 Å². The van der Waals surface area contributed by atoms with E-state index >= 15 is 0 Å². The molecule has 0 unspecified atom stereocenters. The summed E-state index contributed by atoms with van der Waals surface area (Å²) in [5, 5.41) is 4.06. The molecule has 5 rings (SSSR count). The molecule has 188 valence electrons. The van der Waals surface area contributed by atoms with E-state index in [1.54, 1.807) is 26.5 Å². The summed E-state index contributed by atoms with van der Waals surface area (Å²) < 4.78 is 16.1. The number of benzene rings is 1. The van der Waals surface area contributed by atoms with Crippen molar-refractivity contribution in [3.8, 4) is 22.9 Å². The number of nitrogens with one attached hydrogen (secondary N) is 2. The number of nitrogens with zero attached hydrogens (tertiary/aromatic N) is 4. The molecule has 1 aliphatic rings. The van der Waals surface area contributed by atoms with E-state index in [-0.39, 0.29) is 0 Å². The smallest absolute Gasteiger partial charge is 0.156 e. The number of aromatic amines is 1. The van der Waals surface area contributed by atoms with Crippen molar-refractivity contribution in [2.75, 3.05) is 45.8 Å². The number of morpholine rings is 1. The van der Waals surface area contributed by atoms with Crippen LogP contribution in [0.25, 0.3) is 22.6 Å². The molecule has 0 saturated carbocycles. The third kappa shape index (κ3) is 5.19. The molecule has 2 N–H and O–H groups in total. The number of hydrogen-bond donors (Lipinski definition) is 2. The van der Waals surface area contributed by atoms with Crippen LogP contribution in [0.2, 0.25) is 10.0 Å². The second-order valence-corrected chi connectivity index (χ2v) is 9.11. The molecule has 0 atom stereocenters. The Labute approximate surface area is 218 Å². The molecule has 1 fully saturated rings. The Balaban J connectivity index is 1.31. The molecule has 1 aromatic carbocycles. The zero-order chi connectivity index (χ0) is 25.1. The lowest BCUT2D eigenvalue weighted by atomic mass is 10.2. The molecule has 3 aromatic heterocycles. The molecule has 1 saturated heterocycles. The molecule has 9 nitrogen and oxygen atoms in total. The highest BCUT2D eigenvalue weighted by Gasteiger charge is 2.17. The molecule has 0 bridgehead atoms. The molecular weight excluding hydrogens is 503 g/mol. The highest BCUT2D eigenvalue weighted by molar-refractivity contribution is 6.37. The van der Waals surface area contributed by atoms with Crippen molar-refractivity contribution in [2.45, 2.75) is 13.1 Å². The average Bonchev–Trinajstić information content (AvgIpc) is 3.33. The summed E-state index contributed by atoms with van der Waals surface area (Å²) in [5.41, 5.74) is 4.89. The van der Waals surface area contributed by atoms with Crippen molar-refractivity contribution < 1.29 is 14.2 Å². The molecule has 0 radical (unpaired) electrons. The number of fused-ring (bicyclic) bond motifs is 1. The fourth-order valence-corrected chi connectivity index (χ4v) is 4.72. The number of hydrogen-bond acceptors (Lipinski definition) is 8. The van der Waals surface area contributed by atoms with Crippen molar-refractivity contribution in [3.63, 3.8) is 0 Å². The molecule has 0 spiro atoms. The minimum Gasteiger partial charge on any atom is -0.495 e. The maximum absolute atomic E-state index is 6.48. The quantitative estimate of drug-likeness (QED) is 0.337. The minimum atomic E-state index is 0.314. The number of rotatable bonds is 8. The first-order chi connectivity index (χ1) is 17.6. The maximum Gasteiger partial charge on any atom is 0.156 e. The van der Waals surface area contributed by atoms with E-state index in [4.69, 9.17) is 37.4 Å². The van der Waals surface area contributed by atoms with Crippen LogP contribution in [0.15, 0.2) is 36.7 Å². The van der Waals surface area contributed by atoms with Gasteiger partial charge in [0.1, 0.15) is 22.8 Å². The Morgan fingerprint density at radius 3 is 2.44 bits per heavy atom. The van der Waals surface area contributed by atoms with Gasteiger partial charge in [-0.25, -0.2) is 9.97 Å². The first-order valence-corrected chi connectivity index (χ1v) is 12.2. The fraction of sp³-hybridized carbons (Fsp3) is 0.320. The molecule has 36 heavy (non-hydrogen) atoms. The van der Waals surface area contributed by atoms with Gasteiger partial charge in [-0.15, -0.1) is 0 Å². The van der Waals surface area contributed by atoms with Crippen molar-refractivity contribution in [1.82, 2.24) is 24.8 Å². The van der Waals surface area contributed by atoms with Gasteiger partial charge in [0.25, 0.3) is 0 Å². The predicted octanol–water partition coefficient (Wildman–Crippen LogP) is 4.79. The van der Waals surface area contributed by atoms with E-state index in [2.05, 4.69) is 36.2 Å². The summed E-state index contributed by atoms with van der Waals surface area (Å²) in [7, 11) is 3.09. The van der Waals surface area contributed by atoms with Gasteiger partial charge < -0.3 is 24.5 Å². The van der Waals surface area contributed by atoms with Crippen LogP contribution in [0, 0.1) is 0 Å². The van der Waals surface area contributed by atoms with Gasteiger partial charge in [-0.2, -0.15) is 0 Å². The topological polar surface area (TPSA) is 97.4 Å². The lowest BCUT2D eigenvalue weighted by Crippen LogP contribution is -2.35. The minimum absolute atomic E-state index is 0.314.